The standard InChI is InChI=1S/C18H21N3O8/c1-5-27-18(26)15-14(9(2)22)10(3)29-16(15)19-12(23)8-28-17(25)11-6-7-13(24)21(4)20-11/h5-8H2,1-4H3,(H,19,23). The zero-order valence-electron chi connectivity index (χ0n) is 16.5. The van der Waals surface area contributed by atoms with Crippen molar-refractivity contribution in [3.8, 4) is 0 Å². The normalized spacial score (nSPS) is 13.6. The fourth-order valence-electron chi connectivity index (χ4n) is 2.65. The highest BCUT2D eigenvalue weighted by atomic mass is 16.5. The molecule has 29 heavy (non-hydrogen) atoms. The van der Waals surface area contributed by atoms with Gasteiger partial charge in [-0.3, -0.25) is 19.7 Å². The number of carbonyl (C=O) groups excluding carboxylic acids is 5. The molecule has 1 N–H and O–H groups in total. The summed E-state index contributed by atoms with van der Waals surface area (Å²) in [5.41, 5.74) is -0.187. The van der Waals surface area contributed by atoms with Crippen LogP contribution in [-0.2, 0) is 23.9 Å². The van der Waals surface area contributed by atoms with Crippen molar-refractivity contribution in [1.82, 2.24) is 5.01 Å². The third kappa shape index (κ3) is 5.06. The summed E-state index contributed by atoms with van der Waals surface area (Å²) in [7, 11) is 1.41. The van der Waals surface area contributed by atoms with E-state index in [1.54, 1.807) is 6.92 Å². The summed E-state index contributed by atoms with van der Waals surface area (Å²) in [5.74, 6) is -3.27. The summed E-state index contributed by atoms with van der Waals surface area (Å²) < 4.78 is 15.1. The minimum atomic E-state index is -0.842. The van der Waals surface area contributed by atoms with Crippen LogP contribution in [0.3, 0.4) is 0 Å². The lowest BCUT2D eigenvalue weighted by molar-refractivity contribution is -0.141. The summed E-state index contributed by atoms with van der Waals surface area (Å²) in [6.07, 6.45) is 0.217. The number of hydrogen-bond donors (Lipinski definition) is 1. The van der Waals surface area contributed by atoms with Gasteiger partial charge in [-0.2, -0.15) is 5.10 Å². The Morgan fingerprint density at radius 1 is 1.14 bits per heavy atom. The molecule has 0 spiro atoms. The lowest BCUT2D eigenvalue weighted by Crippen LogP contribution is -2.33. The van der Waals surface area contributed by atoms with Gasteiger partial charge < -0.3 is 13.9 Å². The van der Waals surface area contributed by atoms with E-state index in [9.17, 15) is 24.0 Å². The molecule has 0 atom stereocenters. The van der Waals surface area contributed by atoms with Crippen LogP contribution >= 0.6 is 0 Å². The molecule has 2 amide bonds. The van der Waals surface area contributed by atoms with Crippen molar-refractivity contribution in [2.24, 2.45) is 5.10 Å². The van der Waals surface area contributed by atoms with Crippen molar-refractivity contribution < 1.29 is 37.9 Å². The maximum absolute atomic E-state index is 12.2. The average molecular weight is 407 g/mol. The van der Waals surface area contributed by atoms with E-state index in [-0.39, 0.29) is 53.8 Å². The fraction of sp³-hybridized carbons (Fsp3) is 0.444. The molecule has 0 unspecified atom stereocenters. The van der Waals surface area contributed by atoms with Crippen LogP contribution in [0, 0.1) is 6.92 Å². The molecule has 11 nitrogen and oxygen atoms in total. The first-order valence-corrected chi connectivity index (χ1v) is 8.78. The fourth-order valence-corrected chi connectivity index (χ4v) is 2.65. The van der Waals surface area contributed by atoms with E-state index in [1.165, 1.54) is 20.9 Å². The zero-order chi connectivity index (χ0) is 21.7. The molecule has 1 aliphatic heterocycles. The van der Waals surface area contributed by atoms with Crippen LogP contribution in [0.4, 0.5) is 5.88 Å². The number of furan rings is 1. The number of ether oxygens (including phenoxy) is 2. The maximum atomic E-state index is 12.2. The monoisotopic (exact) mass is 407 g/mol. The van der Waals surface area contributed by atoms with E-state index in [0.717, 1.165) is 5.01 Å². The van der Waals surface area contributed by atoms with Crippen LogP contribution in [0.1, 0.15) is 53.2 Å². The predicted molar refractivity (Wildman–Crippen MR) is 98.4 cm³/mol. The minimum Gasteiger partial charge on any atom is -0.462 e. The summed E-state index contributed by atoms with van der Waals surface area (Å²) in [6, 6.07) is 0. The Hall–Kier alpha value is -3.50. The highest BCUT2D eigenvalue weighted by molar-refractivity contribution is 6.37. The van der Waals surface area contributed by atoms with Gasteiger partial charge in [0.15, 0.2) is 12.4 Å². The molecule has 0 aromatic carbocycles. The first kappa shape index (κ1) is 21.8. The first-order chi connectivity index (χ1) is 13.6. The van der Waals surface area contributed by atoms with Gasteiger partial charge in [0.25, 0.3) is 5.91 Å². The quantitative estimate of drug-likeness (QED) is 0.522. The van der Waals surface area contributed by atoms with Crippen LogP contribution in [0.5, 0.6) is 0 Å². The average Bonchev–Trinajstić information content (AvgIpc) is 2.98. The van der Waals surface area contributed by atoms with Gasteiger partial charge >= 0.3 is 11.9 Å². The largest absolute Gasteiger partial charge is 0.462 e. The molecular weight excluding hydrogens is 386 g/mol. The van der Waals surface area contributed by atoms with Gasteiger partial charge in [0.1, 0.15) is 17.0 Å². The topological polar surface area (TPSA) is 145 Å². The van der Waals surface area contributed by atoms with Crippen molar-refractivity contribution in [1.29, 1.82) is 0 Å². The third-order valence-corrected chi connectivity index (χ3v) is 3.95. The second-order valence-corrected chi connectivity index (χ2v) is 6.10. The van der Waals surface area contributed by atoms with Crippen molar-refractivity contribution in [3.05, 3.63) is 16.9 Å². The number of nitrogens with zero attached hydrogens (tertiary/aromatic N) is 2. The lowest BCUT2D eigenvalue weighted by atomic mass is 10.1. The molecule has 0 aliphatic carbocycles. The maximum Gasteiger partial charge on any atom is 0.355 e. The number of hydrogen-bond acceptors (Lipinski definition) is 9. The summed E-state index contributed by atoms with van der Waals surface area (Å²) >= 11 is 0. The first-order valence-electron chi connectivity index (χ1n) is 8.78. The molecule has 1 aromatic rings. The Labute approximate surface area is 166 Å². The zero-order valence-corrected chi connectivity index (χ0v) is 16.5. The number of anilines is 1. The smallest absolute Gasteiger partial charge is 0.355 e. The molecule has 2 rings (SSSR count). The predicted octanol–water partition coefficient (Wildman–Crippen LogP) is 1.06. The Balaban J connectivity index is 2.09. The molecule has 0 fully saturated rings. The number of aryl methyl sites for hydroxylation is 1. The van der Waals surface area contributed by atoms with E-state index in [1.807, 2.05) is 0 Å². The van der Waals surface area contributed by atoms with E-state index in [0.29, 0.717) is 0 Å². The molecule has 1 aliphatic rings. The van der Waals surface area contributed by atoms with Gasteiger partial charge in [0, 0.05) is 19.9 Å². The van der Waals surface area contributed by atoms with Crippen LogP contribution in [0.2, 0.25) is 0 Å². The summed E-state index contributed by atoms with van der Waals surface area (Å²) in [5, 5.41) is 7.12. The Morgan fingerprint density at radius 2 is 1.83 bits per heavy atom. The molecule has 11 heteroatoms. The second kappa shape index (κ2) is 9.13. The third-order valence-electron chi connectivity index (χ3n) is 3.95. The molecule has 0 saturated heterocycles. The second-order valence-electron chi connectivity index (χ2n) is 6.10. The number of rotatable bonds is 7. The summed E-state index contributed by atoms with van der Waals surface area (Å²) in [6.45, 7) is 3.68. The van der Waals surface area contributed by atoms with Crippen LogP contribution < -0.4 is 5.32 Å². The Bertz CT molecular complexity index is 899. The molecule has 0 bridgehead atoms. The van der Waals surface area contributed by atoms with Gasteiger partial charge in [-0.25, -0.2) is 14.6 Å². The van der Waals surface area contributed by atoms with Gasteiger partial charge in [0.05, 0.1) is 12.2 Å². The molecule has 0 saturated carbocycles. The number of Topliss-reactive ketones (excluding diaryl/α,β-unsaturated/α-hetero) is 1. The molecule has 0 radical (unpaired) electrons. The highest BCUT2D eigenvalue weighted by Gasteiger charge is 2.29. The molecule has 2 heterocycles. The number of nitrogens with one attached hydrogen (secondary N) is 1. The number of carbonyl (C=O) groups is 5. The SMILES string of the molecule is CCOC(=O)c1c(NC(=O)COC(=O)C2=NN(C)C(=O)CC2)oc(C)c1C(C)=O. The molecule has 1 aromatic heterocycles. The van der Waals surface area contributed by atoms with E-state index in [4.69, 9.17) is 13.9 Å². The van der Waals surface area contributed by atoms with Crippen LogP contribution in [0.25, 0.3) is 0 Å². The van der Waals surface area contributed by atoms with Gasteiger partial charge in [-0.15, -0.1) is 0 Å². The number of hydrazone groups is 1. The van der Waals surface area contributed by atoms with Gasteiger partial charge in [-0.05, 0) is 20.8 Å². The minimum absolute atomic E-state index is 0.00000952. The van der Waals surface area contributed by atoms with Crippen LogP contribution in [-0.4, -0.2) is 60.5 Å². The van der Waals surface area contributed by atoms with Gasteiger partial charge in [0.2, 0.25) is 11.8 Å². The molecule has 156 valence electrons. The van der Waals surface area contributed by atoms with E-state index in [2.05, 4.69) is 10.4 Å². The van der Waals surface area contributed by atoms with Crippen molar-refractivity contribution in [2.75, 3.05) is 25.6 Å². The molecular formula is C18H21N3O8. The van der Waals surface area contributed by atoms with E-state index < -0.39 is 30.2 Å². The number of esters is 2. The lowest BCUT2D eigenvalue weighted by Gasteiger charge is -2.18. The highest BCUT2D eigenvalue weighted by Crippen LogP contribution is 2.28. The van der Waals surface area contributed by atoms with Crippen molar-refractivity contribution in [2.45, 2.75) is 33.6 Å². The van der Waals surface area contributed by atoms with Crippen LogP contribution in [0.15, 0.2) is 9.52 Å². The van der Waals surface area contributed by atoms with Crippen molar-refractivity contribution >= 4 is 41.1 Å². The number of ketones is 1. The van der Waals surface area contributed by atoms with Crippen molar-refractivity contribution in [3.63, 3.8) is 0 Å². The number of amides is 2. The van der Waals surface area contributed by atoms with Gasteiger partial charge in [-0.1, -0.05) is 0 Å². The van der Waals surface area contributed by atoms with E-state index >= 15 is 0 Å². The Kier molecular flexibility index (Phi) is 6.86. The summed E-state index contributed by atoms with van der Waals surface area (Å²) in [4.78, 5) is 59.6. The Morgan fingerprint density at radius 3 is 2.41 bits per heavy atom.